The second-order valence-electron chi connectivity index (χ2n) is 3.42. The van der Waals surface area contributed by atoms with E-state index in [1.165, 1.54) is 6.92 Å². The molecule has 2 heteroatoms. The maximum absolute atomic E-state index is 11.2. The molecule has 0 heterocycles. The molecule has 1 rings (SSSR count). The van der Waals surface area contributed by atoms with Gasteiger partial charge in [-0.25, -0.2) is 0 Å². The van der Waals surface area contributed by atoms with E-state index < -0.39 is 0 Å². The largest absolute Gasteiger partial charge is 0.294 e. The second-order valence-corrected chi connectivity index (χ2v) is 3.80. The number of hydrogen-bond acceptors (Lipinski definition) is 1. The van der Waals surface area contributed by atoms with Crippen LogP contribution in [0.5, 0.6) is 0 Å². The fourth-order valence-corrected chi connectivity index (χ4v) is 1.74. The highest BCUT2D eigenvalue weighted by atomic mass is 35.5. The van der Waals surface area contributed by atoms with Crippen LogP contribution in [0.4, 0.5) is 0 Å². The minimum atomic E-state index is 0.0208. The predicted molar refractivity (Wildman–Crippen MR) is 55.5 cm³/mol. The Hall–Kier alpha value is -0.820. The van der Waals surface area contributed by atoms with Crippen LogP contribution >= 0.6 is 11.6 Å². The van der Waals surface area contributed by atoms with E-state index in [0.717, 1.165) is 5.56 Å². The van der Waals surface area contributed by atoms with Gasteiger partial charge in [-0.15, -0.1) is 0 Å². The Morgan fingerprint density at radius 3 is 2.46 bits per heavy atom. The highest BCUT2D eigenvalue weighted by molar-refractivity contribution is 6.34. The van der Waals surface area contributed by atoms with E-state index in [-0.39, 0.29) is 5.78 Å². The Morgan fingerprint density at radius 1 is 1.38 bits per heavy atom. The molecule has 0 saturated carbocycles. The Labute approximate surface area is 83.7 Å². The molecule has 0 amide bonds. The van der Waals surface area contributed by atoms with Gasteiger partial charge in [-0.2, -0.15) is 0 Å². The van der Waals surface area contributed by atoms with Crippen molar-refractivity contribution in [1.82, 2.24) is 0 Å². The maximum Gasteiger partial charge on any atom is 0.161 e. The average Bonchev–Trinajstić information content (AvgIpc) is 2.03. The molecule has 0 saturated heterocycles. The Kier molecular flexibility index (Phi) is 3.10. The quantitative estimate of drug-likeness (QED) is 0.660. The summed E-state index contributed by atoms with van der Waals surface area (Å²) in [5.41, 5.74) is 1.65. The van der Waals surface area contributed by atoms with Crippen molar-refractivity contribution in [3.63, 3.8) is 0 Å². The number of carbonyl (C=O) groups is 1. The Morgan fingerprint density at radius 2 is 2.00 bits per heavy atom. The third-order valence-corrected chi connectivity index (χ3v) is 2.45. The van der Waals surface area contributed by atoms with Crippen molar-refractivity contribution in [1.29, 1.82) is 0 Å². The molecular formula is C11H13ClO. The first-order valence-corrected chi connectivity index (χ1v) is 4.71. The zero-order valence-corrected chi connectivity index (χ0v) is 8.85. The molecule has 0 aromatic heterocycles. The van der Waals surface area contributed by atoms with Crippen LogP contribution < -0.4 is 0 Å². The van der Waals surface area contributed by atoms with Gasteiger partial charge in [-0.3, -0.25) is 4.79 Å². The van der Waals surface area contributed by atoms with Gasteiger partial charge in [0, 0.05) is 5.56 Å². The molecule has 0 aliphatic heterocycles. The van der Waals surface area contributed by atoms with Crippen molar-refractivity contribution in [3.05, 3.63) is 34.3 Å². The van der Waals surface area contributed by atoms with Crippen LogP contribution in [0.1, 0.15) is 42.6 Å². The molecule has 0 atom stereocenters. The molecule has 0 aliphatic carbocycles. The highest BCUT2D eigenvalue weighted by Crippen LogP contribution is 2.27. The standard InChI is InChI=1S/C11H13ClO/c1-7(2)9-5-4-6-10(8(3)13)11(9)12/h4-7H,1-3H3. The first-order valence-electron chi connectivity index (χ1n) is 4.33. The third kappa shape index (κ3) is 2.10. The lowest BCUT2D eigenvalue weighted by Gasteiger charge is -2.09. The monoisotopic (exact) mass is 196 g/mol. The fourth-order valence-electron chi connectivity index (χ4n) is 1.27. The molecule has 70 valence electrons. The summed E-state index contributed by atoms with van der Waals surface area (Å²) in [6, 6.07) is 5.59. The number of Topliss-reactive ketones (excluding diaryl/α,β-unsaturated/α-hetero) is 1. The summed E-state index contributed by atoms with van der Waals surface area (Å²) < 4.78 is 0. The minimum absolute atomic E-state index is 0.0208. The zero-order chi connectivity index (χ0) is 10.0. The van der Waals surface area contributed by atoms with Crippen molar-refractivity contribution in [2.75, 3.05) is 0 Å². The molecule has 0 radical (unpaired) electrons. The summed E-state index contributed by atoms with van der Waals surface area (Å²) in [6.45, 7) is 5.65. The van der Waals surface area contributed by atoms with E-state index in [2.05, 4.69) is 13.8 Å². The lowest BCUT2D eigenvalue weighted by molar-refractivity contribution is 0.101. The average molecular weight is 197 g/mol. The van der Waals surface area contributed by atoms with Crippen LogP contribution in [-0.2, 0) is 0 Å². The smallest absolute Gasteiger partial charge is 0.161 e. The Bertz CT molecular complexity index is 329. The first kappa shape index (κ1) is 10.3. The van der Waals surface area contributed by atoms with Gasteiger partial charge in [-0.1, -0.05) is 37.6 Å². The second kappa shape index (κ2) is 3.93. The molecule has 0 fully saturated rings. The minimum Gasteiger partial charge on any atom is -0.294 e. The molecule has 1 aromatic rings. The molecule has 0 aliphatic rings. The van der Waals surface area contributed by atoms with Gasteiger partial charge in [0.1, 0.15) is 0 Å². The molecular weight excluding hydrogens is 184 g/mol. The van der Waals surface area contributed by atoms with E-state index in [0.29, 0.717) is 16.5 Å². The van der Waals surface area contributed by atoms with Crippen LogP contribution in [0.15, 0.2) is 18.2 Å². The molecule has 1 aromatic carbocycles. The summed E-state index contributed by atoms with van der Waals surface area (Å²) in [6.07, 6.45) is 0. The van der Waals surface area contributed by atoms with Crippen molar-refractivity contribution in [2.24, 2.45) is 0 Å². The van der Waals surface area contributed by atoms with E-state index >= 15 is 0 Å². The number of rotatable bonds is 2. The molecule has 0 spiro atoms. The summed E-state index contributed by atoms with van der Waals surface area (Å²) in [5, 5.41) is 0.602. The highest BCUT2D eigenvalue weighted by Gasteiger charge is 2.11. The van der Waals surface area contributed by atoms with Crippen LogP contribution in [0.25, 0.3) is 0 Å². The topological polar surface area (TPSA) is 17.1 Å². The van der Waals surface area contributed by atoms with Crippen LogP contribution in [0, 0.1) is 0 Å². The van der Waals surface area contributed by atoms with Crippen LogP contribution in [-0.4, -0.2) is 5.78 Å². The number of benzene rings is 1. The van der Waals surface area contributed by atoms with Gasteiger partial charge in [0.05, 0.1) is 5.02 Å². The lowest BCUT2D eigenvalue weighted by atomic mass is 9.99. The van der Waals surface area contributed by atoms with E-state index in [1.54, 1.807) is 6.07 Å². The van der Waals surface area contributed by atoms with Gasteiger partial charge >= 0.3 is 0 Å². The lowest BCUT2D eigenvalue weighted by Crippen LogP contribution is -1.97. The SMILES string of the molecule is CC(=O)c1cccc(C(C)C)c1Cl. The fraction of sp³-hybridized carbons (Fsp3) is 0.364. The number of hydrogen-bond donors (Lipinski definition) is 0. The normalized spacial score (nSPS) is 10.5. The summed E-state index contributed by atoms with van der Waals surface area (Å²) >= 11 is 6.08. The van der Waals surface area contributed by atoms with Gasteiger partial charge in [0.15, 0.2) is 5.78 Å². The molecule has 0 unspecified atom stereocenters. The van der Waals surface area contributed by atoms with E-state index in [4.69, 9.17) is 11.6 Å². The van der Waals surface area contributed by atoms with Crippen molar-refractivity contribution >= 4 is 17.4 Å². The molecule has 0 bridgehead atoms. The zero-order valence-electron chi connectivity index (χ0n) is 8.10. The summed E-state index contributed by atoms with van der Waals surface area (Å²) in [4.78, 5) is 11.2. The number of halogens is 1. The molecule has 1 nitrogen and oxygen atoms in total. The van der Waals surface area contributed by atoms with Gasteiger partial charge in [-0.05, 0) is 24.5 Å². The van der Waals surface area contributed by atoms with Gasteiger partial charge in [0.25, 0.3) is 0 Å². The molecule has 0 N–H and O–H groups in total. The van der Waals surface area contributed by atoms with Crippen molar-refractivity contribution in [2.45, 2.75) is 26.7 Å². The van der Waals surface area contributed by atoms with E-state index in [1.807, 2.05) is 12.1 Å². The van der Waals surface area contributed by atoms with Crippen molar-refractivity contribution in [3.8, 4) is 0 Å². The Balaban J connectivity index is 3.26. The summed E-state index contributed by atoms with van der Waals surface area (Å²) in [7, 11) is 0. The van der Waals surface area contributed by atoms with Gasteiger partial charge < -0.3 is 0 Å². The third-order valence-electron chi connectivity index (χ3n) is 2.03. The van der Waals surface area contributed by atoms with E-state index in [9.17, 15) is 4.79 Å². The molecule has 13 heavy (non-hydrogen) atoms. The number of ketones is 1. The summed E-state index contributed by atoms with van der Waals surface area (Å²) in [5.74, 6) is 0.374. The number of carbonyl (C=O) groups excluding carboxylic acids is 1. The van der Waals surface area contributed by atoms with Gasteiger partial charge in [0.2, 0.25) is 0 Å². The van der Waals surface area contributed by atoms with Crippen molar-refractivity contribution < 1.29 is 4.79 Å². The predicted octanol–water partition coefficient (Wildman–Crippen LogP) is 3.67. The van der Waals surface area contributed by atoms with Crippen LogP contribution in [0.2, 0.25) is 5.02 Å². The maximum atomic E-state index is 11.2. The first-order chi connectivity index (χ1) is 6.04. The van der Waals surface area contributed by atoms with Crippen LogP contribution in [0.3, 0.4) is 0 Å².